The molecule has 1 aliphatic heterocycles. The molecule has 5 rings (SSSR count). The summed E-state index contributed by atoms with van der Waals surface area (Å²) < 4.78 is 34.4. The molecule has 1 fully saturated rings. The molecule has 0 spiro atoms. The van der Waals surface area contributed by atoms with E-state index in [1.54, 1.807) is 18.2 Å². The molecule has 0 aliphatic carbocycles. The summed E-state index contributed by atoms with van der Waals surface area (Å²) in [5, 5.41) is 1.42. The molecule has 1 saturated heterocycles. The van der Waals surface area contributed by atoms with Crippen molar-refractivity contribution < 1.29 is 17.6 Å². The third kappa shape index (κ3) is 4.59. The van der Waals surface area contributed by atoms with E-state index in [0.717, 1.165) is 10.3 Å². The van der Waals surface area contributed by atoms with Crippen molar-refractivity contribution in [1.29, 1.82) is 0 Å². The average molecular weight is 550 g/mol. The van der Waals surface area contributed by atoms with Crippen molar-refractivity contribution in [3.8, 4) is 0 Å². The normalized spacial score (nSPS) is 16.7. The lowest BCUT2D eigenvalue weighted by Gasteiger charge is -2.28. The quantitative estimate of drug-likeness (QED) is 0.299. The Morgan fingerprint density at radius 2 is 1.97 bits per heavy atom. The number of aryl methyl sites for hydroxylation is 1. The SMILES string of the molecule is Cc1ccc(Cl)c2sc(N(Cc3ccco3)C(=O)C3CCCN3S(=O)(=O)c3ccc(Cl)cc3)nc12. The highest BCUT2D eigenvalue weighted by Gasteiger charge is 2.42. The van der Waals surface area contributed by atoms with Gasteiger partial charge in [-0.1, -0.05) is 40.6 Å². The van der Waals surface area contributed by atoms with E-state index in [9.17, 15) is 13.2 Å². The number of furan rings is 1. The molecular formula is C24H21Cl2N3O4S2. The monoisotopic (exact) mass is 549 g/mol. The van der Waals surface area contributed by atoms with Crippen LogP contribution in [-0.2, 0) is 21.4 Å². The van der Waals surface area contributed by atoms with Crippen LogP contribution in [0.15, 0.2) is 64.1 Å². The van der Waals surface area contributed by atoms with Crippen LogP contribution in [-0.4, -0.2) is 36.2 Å². The zero-order chi connectivity index (χ0) is 24.7. The molecule has 4 aromatic rings. The third-order valence-electron chi connectivity index (χ3n) is 5.99. The Hall–Kier alpha value is -2.43. The van der Waals surface area contributed by atoms with Crippen molar-refractivity contribution in [2.24, 2.45) is 0 Å². The van der Waals surface area contributed by atoms with Gasteiger partial charge in [0.25, 0.3) is 0 Å². The molecule has 1 amide bonds. The van der Waals surface area contributed by atoms with E-state index in [1.807, 2.05) is 13.0 Å². The maximum absolute atomic E-state index is 14.0. The highest BCUT2D eigenvalue weighted by Crippen LogP contribution is 2.37. The zero-order valence-corrected chi connectivity index (χ0v) is 21.8. The van der Waals surface area contributed by atoms with Gasteiger partial charge < -0.3 is 4.42 Å². The molecule has 3 heterocycles. The zero-order valence-electron chi connectivity index (χ0n) is 18.6. The average Bonchev–Trinajstić information content (AvgIpc) is 3.60. The van der Waals surface area contributed by atoms with Crippen molar-refractivity contribution >= 4 is 65.8 Å². The van der Waals surface area contributed by atoms with Gasteiger partial charge in [-0.05, 0) is 67.8 Å². The van der Waals surface area contributed by atoms with Crippen molar-refractivity contribution in [3.63, 3.8) is 0 Å². The number of hydrogen-bond donors (Lipinski definition) is 0. The lowest BCUT2D eigenvalue weighted by Crippen LogP contribution is -2.47. The minimum Gasteiger partial charge on any atom is -0.467 e. The maximum atomic E-state index is 14.0. The Morgan fingerprint density at radius 3 is 2.66 bits per heavy atom. The summed E-state index contributed by atoms with van der Waals surface area (Å²) in [6, 6.07) is 12.3. The molecule has 1 unspecified atom stereocenters. The Kier molecular flexibility index (Phi) is 6.63. The largest absolute Gasteiger partial charge is 0.467 e. The van der Waals surface area contributed by atoms with Crippen LogP contribution in [0.2, 0.25) is 10.0 Å². The fourth-order valence-electron chi connectivity index (χ4n) is 4.20. The predicted octanol–water partition coefficient (Wildman–Crippen LogP) is 5.89. The molecule has 35 heavy (non-hydrogen) atoms. The van der Waals surface area contributed by atoms with Crippen LogP contribution < -0.4 is 4.90 Å². The van der Waals surface area contributed by atoms with Gasteiger partial charge >= 0.3 is 0 Å². The number of halogens is 2. The number of aromatic nitrogens is 1. The van der Waals surface area contributed by atoms with E-state index >= 15 is 0 Å². The predicted molar refractivity (Wildman–Crippen MR) is 138 cm³/mol. The molecule has 0 saturated carbocycles. The first-order valence-electron chi connectivity index (χ1n) is 10.9. The van der Waals surface area contributed by atoms with Crippen LogP contribution >= 0.6 is 34.5 Å². The number of hydrogen-bond acceptors (Lipinski definition) is 6. The number of carbonyl (C=O) groups excluding carboxylic acids is 1. The highest BCUT2D eigenvalue weighted by atomic mass is 35.5. The van der Waals surface area contributed by atoms with Crippen molar-refractivity contribution in [2.45, 2.75) is 37.2 Å². The number of anilines is 1. The topological polar surface area (TPSA) is 83.7 Å². The maximum Gasteiger partial charge on any atom is 0.247 e. The molecule has 2 aromatic carbocycles. The summed E-state index contributed by atoms with van der Waals surface area (Å²) in [7, 11) is -3.90. The number of benzene rings is 2. The molecule has 0 bridgehead atoms. The van der Waals surface area contributed by atoms with Crippen molar-refractivity contribution in [2.75, 3.05) is 11.4 Å². The Labute approximate surface area is 216 Å². The molecule has 1 aliphatic rings. The standard InChI is InChI=1S/C24H21Cl2N3O4S2/c1-15-6-11-19(26)22-21(15)27-24(34-22)28(14-17-4-3-13-33-17)23(30)20-5-2-12-29(20)35(31,32)18-9-7-16(25)8-10-18/h3-4,6-11,13,20H,2,5,12,14H2,1H3. The Balaban J connectivity index is 1.54. The van der Waals surface area contributed by atoms with Crippen LogP contribution in [0.3, 0.4) is 0 Å². The van der Waals surface area contributed by atoms with E-state index in [-0.39, 0.29) is 23.9 Å². The molecule has 0 N–H and O–H groups in total. The minimum absolute atomic E-state index is 0.0987. The van der Waals surface area contributed by atoms with Gasteiger partial charge in [0.05, 0.1) is 32.9 Å². The smallest absolute Gasteiger partial charge is 0.247 e. The summed E-state index contributed by atoms with van der Waals surface area (Å²) in [6.07, 6.45) is 2.51. The molecule has 0 radical (unpaired) electrons. The third-order valence-corrected chi connectivity index (χ3v) is 9.70. The van der Waals surface area contributed by atoms with Crippen LogP contribution in [0.1, 0.15) is 24.2 Å². The number of thiazole rings is 1. The lowest BCUT2D eigenvalue weighted by molar-refractivity contribution is -0.121. The summed E-state index contributed by atoms with van der Waals surface area (Å²) in [5.41, 5.74) is 1.65. The number of amides is 1. The second-order valence-corrected chi connectivity index (χ2v) is 12.0. The second-order valence-electron chi connectivity index (χ2n) is 8.27. The minimum atomic E-state index is -3.90. The van der Waals surface area contributed by atoms with Crippen LogP contribution in [0.4, 0.5) is 5.13 Å². The fraction of sp³-hybridized carbons (Fsp3) is 0.250. The van der Waals surface area contributed by atoms with Crippen LogP contribution in [0, 0.1) is 6.92 Å². The molecule has 7 nitrogen and oxygen atoms in total. The van der Waals surface area contributed by atoms with Crippen molar-refractivity contribution in [3.05, 3.63) is 76.2 Å². The number of sulfonamides is 1. The van der Waals surface area contributed by atoms with Gasteiger partial charge in [-0.3, -0.25) is 9.69 Å². The fourth-order valence-corrected chi connectivity index (χ4v) is 7.30. The number of fused-ring (bicyclic) bond motifs is 1. The lowest BCUT2D eigenvalue weighted by atomic mass is 10.2. The summed E-state index contributed by atoms with van der Waals surface area (Å²) in [5.74, 6) is 0.204. The summed E-state index contributed by atoms with van der Waals surface area (Å²) in [4.78, 5) is 20.3. The Morgan fingerprint density at radius 1 is 1.20 bits per heavy atom. The van der Waals surface area contributed by atoms with Crippen molar-refractivity contribution in [1.82, 2.24) is 9.29 Å². The van der Waals surface area contributed by atoms with Gasteiger partial charge in [-0.15, -0.1) is 0 Å². The summed E-state index contributed by atoms with van der Waals surface area (Å²) in [6.45, 7) is 2.30. The first-order valence-corrected chi connectivity index (χ1v) is 13.9. The first kappa shape index (κ1) is 24.3. The number of rotatable bonds is 6. The van der Waals surface area contributed by atoms with E-state index < -0.39 is 16.1 Å². The molecule has 11 heteroatoms. The Bertz CT molecular complexity index is 1450. The summed E-state index contributed by atoms with van der Waals surface area (Å²) >= 11 is 13.6. The molecular weight excluding hydrogens is 529 g/mol. The van der Waals surface area contributed by atoms with Crippen LogP contribution in [0.5, 0.6) is 0 Å². The van der Waals surface area contributed by atoms with E-state index in [1.165, 1.54) is 51.1 Å². The number of carbonyl (C=O) groups is 1. The molecule has 2 aromatic heterocycles. The highest BCUT2D eigenvalue weighted by molar-refractivity contribution is 7.89. The van der Waals surface area contributed by atoms with Gasteiger partial charge in [-0.2, -0.15) is 4.31 Å². The van der Waals surface area contributed by atoms with Gasteiger partial charge in [0.2, 0.25) is 15.9 Å². The molecule has 1 atom stereocenters. The van der Waals surface area contributed by atoms with Gasteiger partial charge in [0, 0.05) is 11.6 Å². The first-order chi connectivity index (χ1) is 16.8. The molecule has 182 valence electrons. The van der Waals surface area contributed by atoms with E-state index in [2.05, 4.69) is 0 Å². The van der Waals surface area contributed by atoms with E-state index in [0.29, 0.717) is 39.3 Å². The number of nitrogens with zero attached hydrogens (tertiary/aromatic N) is 3. The van der Waals surface area contributed by atoms with Crippen LogP contribution in [0.25, 0.3) is 10.2 Å². The van der Waals surface area contributed by atoms with E-state index in [4.69, 9.17) is 32.6 Å². The second kappa shape index (κ2) is 9.55. The van der Waals surface area contributed by atoms with Gasteiger partial charge in [0.1, 0.15) is 11.8 Å². The van der Waals surface area contributed by atoms with Gasteiger partial charge in [-0.25, -0.2) is 13.4 Å². The van der Waals surface area contributed by atoms with Gasteiger partial charge in [0.15, 0.2) is 5.13 Å².